The zero-order valence-electron chi connectivity index (χ0n) is 13.3. The first-order chi connectivity index (χ1) is 10.6. The van der Waals surface area contributed by atoms with E-state index in [1.165, 1.54) is 11.1 Å². The molecule has 0 N–H and O–H groups in total. The Balaban J connectivity index is 2.01. The molecule has 4 nitrogen and oxygen atoms in total. The van der Waals surface area contributed by atoms with Crippen molar-refractivity contribution in [3.8, 4) is 0 Å². The van der Waals surface area contributed by atoms with Gasteiger partial charge in [0.1, 0.15) is 5.82 Å². The lowest BCUT2D eigenvalue weighted by atomic mass is 9.99. The molecule has 2 aromatic rings. The number of hydrogen-bond donors (Lipinski definition) is 0. The monoisotopic (exact) mass is 295 g/mol. The molecule has 1 aliphatic heterocycles. The van der Waals surface area contributed by atoms with Crippen LogP contribution in [0.1, 0.15) is 27.9 Å². The van der Waals surface area contributed by atoms with Crippen LogP contribution < -0.4 is 9.80 Å². The molecule has 0 atom stereocenters. The predicted molar refractivity (Wildman–Crippen MR) is 89.7 cm³/mol. The number of nitrogens with zero attached hydrogens (tertiary/aromatic N) is 3. The molecule has 0 saturated carbocycles. The molecule has 0 fully saturated rings. The fourth-order valence-corrected chi connectivity index (χ4v) is 3.00. The van der Waals surface area contributed by atoms with Crippen LogP contribution in [0.15, 0.2) is 36.5 Å². The number of aryl methyl sites for hydroxylation is 2. The van der Waals surface area contributed by atoms with Gasteiger partial charge >= 0.3 is 0 Å². The van der Waals surface area contributed by atoms with Crippen molar-refractivity contribution in [2.24, 2.45) is 0 Å². The highest BCUT2D eigenvalue weighted by molar-refractivity contribution is 6.09. The van der Waals surface area contributed by atoms with E-state index in [1.807, 2.05) is 36.0 Å². The van der Waals surface area contributed by atoms with Crippen LogP contribution >= 0.6 is 0 Å². The number of benzene rings is 1. The van der Waals surface area contributed by atoms with Gasteiger partial charge in [0.05, 0.1) is 5.56 Å². The van der Waals surface area contributed by atoms with E-state index in [-0.39, 0.29) is 5.91 Å². The molecule has 1 amide bonds. The smallest absolute Gasteiger partial charge is 0.262 e. The fourth-order valence-electron chi connectivity index (χ4n) is 3.00. The van der Waals surface area contributed by atoms with E-state index in [0.29, 0.717) is 11.4 Å². The minimum atomic E-state index is 0.0293. The maximum Gasteiger partial charge on any atom is 0.262 e. The number of fused-ring (bicyclic) bond motifs is 1. The quantitative estimate of drug-likeness (QED) is 0.854. The Morgan fingerprint density at radius 1 is 1.27 bits per heavy atom. The van der Waals surface area contributed by atoms with Crippen LogP contribution in [0.25, 0.3) is 0 Å². The van der Waals surface area contributed by atoms with Crippen molar-refractivity contribution in [2.45, 2.75) is 19.8 Å². The summed E-state index contributed by atoms with van der Waals surface area (Å²) in [7, 11) is 3.82. The Morgan fingerprint density at radius 2 is 2.09 bits per heavy atom. The van der Waals surface area contributed by atoms with Gasteiger partial charge in [0.25, 0.3) is 5.91 Å². The summed E-state index contributed by atoms with van der Waals surface area (Å²) in [6.07, 6.45) is 3.76. The van der Waals surface area contributed by atoms with Crippen molar-refractivity contribution in [1.82, 2.24) is 4.98 Å². The second kappa shape index (κ2) is 5.79. The summed E-state index contributed by atoms with van der Waals surface area (Å²) in [6.45, 7) is 2.85. The first kappa shape index (κ1) is 14.6. The molecule has 1 aliphatic rings. The molecule has 3 rings (SSSR count). The van der Waals surface area contributed by atoms with Crippen LogP contribution in [-0.4, -0.2) is 31.5 Å². The van der Waals surface area contributed by atoms with Gasteiger partial charge in [-0.15, -0.1) is 0 Å². The second-order valence-corrected chi connectivity index (χ2v) is 5.96. The number of carbonyl (C=O) groups excluding carboxylic acids is 1. The van der Waals surface area contributed by atoms with Gasteiger partial charge in [-0.2, -0.15) is 0 Å². The fraction of sp³-hybridized carbons (Fsp3) is 0.333. The molecule has 0 bridgehead atoms. The summed E-state index contributed by atoms with van der Waals surface area (Å²) >= 11 is 0. The Morgan fingerprint density at radius 3 is 2.86 bits per heavy atom. The maximum absolute atomic E-state index is 13.0. The number of aromatic nitrogens is 1. The van der Waals surface area contributed by atoms with E-state index in [4.69, 9.17) is 0 Å². The van der Waals surface area contributed by atoms with Crippen LogP contribution in [0, 0.1) is 6.92 Å². The first-order valence-electron chi connectivity index (χ1n) is 7.61. The lowest BCUT2D eigenvalue weighted by molar-refractivity contribution is 0.0985. The van der Waals surface area contributed by atoms with Gasteiger partial charge in [0, 0.05) is 32.5 Å². The summed E-state index contributed by atoms with van der Waals surface area (Å²) in [5.41, 5.74) is 4.19. The predicted octanol–water partition coefficient (Wildman–Crippen LogP) is 3.05. The molecule has 22 heavy (non-hydrogen) atoms. The maximum atomic E-state index is 13.0. The highest BCUT2D eigenvalue weighted by Gasteiger charge is 2.26. The molecule has 1 aromatic carbocycles. The lowest BCUT2D eigenvalue weighted by Gasteiger charge is -2.30. The highest BCUT2D eigenvalue weighted by Crippen LogP contribution is 2.30. The topological polar surface area (TPSA) is 36.4 Å². The van der Waals surface area contributed by atoms with E-state index in [0.717, 1.165) is 25.1 Å². The summed E-state index contributed by atoms with van der Waals surface area (Å²) in [6, 6.07) is 9.99. The Hall–Kier alpha value is -2.36. The Labute approximate surface area is 131 Å². The van der Waals surface area contributed by atoms with Gasteiger partial charge in [-0.05, 0) is 43.5 Å². The second-order valence-electron chi connectivity index (χ2n) is 5.96. The zero-order chi connectivity index (χ0) is 15.7. The third-order valence-electron chi connectivity index (χ3n) is 4.04. The van der Waals surface area contributed by atoms with Crippen molar-refractivity contribution < 1.29 is 4.79 Å². The van der Waals surface area contributed by atoms with Crippen molar-refractivity contribution in [1.29, 1.82) is 0 Å². The van der Waals surface area contributed by atoms with E-state index >= 15 is 0 Å². The number of rotatable bonds is 2. The summed E-state index contributed by atoms with van der Waals surface area (Å²) in [5, 5.41) is 0. The van der Waals surface area contributed by atoms with Gasteiger partial charge in [0.15, 0.2) is 0 Å². The van der Waals surface area contributed by atoms with E-state index in [2.05, 4.69) is 30.1 Å². The van der Waals surface area contributed by atoms with Crippen molar-refractivity contribution >= 4 is 17.4 Å². The van der Waals surface area contributed by atoms with E-state index < -0.39 is 0 Å². The van der Waals surface area contributed by atoms with Crippen LogP contribution in [-0.2, 0) is 6.42 Å². The third-order valence-corrected chi connectivity index (χ3v) is 4.04. The largest absolute Gasteiger partial charge is 0.362 e. The molecule has 0 saturated heterocycles. The van der Waals surface area contributed by atoms with Gasteiger partial charge in [0.2, 0.25) is 0 Å². The number of anilines is 2. The first-order valence-corrected chi connectivity index (χ1v) is 7.61. The van der Waals surface area contributed by atoms with Crippen LogP contribution in [0.3, 0.4) is 0 Å². The lowest BCUT2D eigenvalue weighted by Crippen LogP contribution is -2.36. The molecule has 2 heterocycles. The number of pyridine rings is 1. The van der Waals surface area contributed by atoms with Gasteiger partial charge in [-0.3, -0.25) is 4.79 Å². The van der Waals surface area contributed by atoms with Gasteiger partial charge in [-0.1, -0.05) is 17.7 Å². The highest BCUT2D eigenvalue weighted by atomic mass is 16.2. The van der Waals surface area contributed by atoms with Crippen LogP contribution in [0.4, 0.5) is 11.5 Å². The summed E-state index contributed by atoms with van der Waals surface area (Å²) in [4.78, 5) is 21.1. The van der Waals surface area contributed by atoms with E-state index in [9.17, 15) is 4.79 Å². The van der Waals surface area contributed by atoms with Gasteiger partial charge < -0.3 is 9.80 Å². The zero-order valence-corrected chi connectivity index (χ0v) is 13.3. The SMILES string of the molecule is Cc1ccc2c(c1)CCCN2C(=O)c1cccnc1N(C)C. The van der Waals surface area contributed by atoms with Crippen LogP contribution in [0.2, 0.25) is 0 Å². The molecule has 4 heteroatoms. The average molecular weight is 295 g/mol. The Bertz CT molecular complexity index is 709. The molecular weight excluding hydrogens is 274 g/mol. The number of hydrogen-bond acceptors (Lipinski definition) is 3. The molecule has 0 unspecified atom stereocenters. The summed E-state index contributed by atoms with van der Waals surface area (Å²) in [5.74, 6) is 0.744. The van der Waals surface area contributed by atoms with Crippen molar-refractivity contribution in [3.63, 3.8) is 0 Å². The molecule has 1 aromatic heterocycles. The minimum absolute atomic E-state index is 0.0293. The molecule has 0 radical (unpaired) electrons. The average Bonchev–Trinajstić information content (AvgIpc) is 2.53. The van der Waals surface area contributed by atoms with Crippen LogP contribution in [0.5, 0.6) is 0 Å². The number of carbonyl (C=O) groups is 1. The third kappa shape index (κ3) is 2.56. The molecule has 114 valence electrons. The number of amides is 1. The van der Waals surface area contributed by atoms with Gasteiger partial charge in [-0.25, -0.2) is 4.98 Å². The minimum Gasteiger partial charge on any atom is -0.362 e. The normalized spacial score (nSPS) is 13.7. The molecule has 0 aliphatic carbocycles. The Kier molecular flexibility index (Phi) is 3.84. The molecular formula is C18H21N3O. The summed E-state index contributed by atoms with van der Waals surface area (Å²) < 4.78 is 0. The standard InChI is InChI=1S/C18H21N3O/c1-13-8-9-16-14(12-13)6-5-11-21(16)18(22)15-7-4-10-19-17(15)20(2)3/h4,7-10,12H,5-6,11H2,1-3H3. The van der Waals surface area contributed by atoms with E-state index in [1.54, 1.807) is 6.20 Å². The van der Waals surface area contributed by atoms with Crippen molar-refractivity contribution in [3.05, 3.63) is 53.2 Å². The molecule has 0 spiro atoms. The van der Waals surface area contributed by atoms with Crippen molar-refractivity contribution in [2.75, 3.05) is 30.4 Å².